The molecule has 0 fully saturated rings. The van der Waals surface area contributed by atoms with Crippen molar-refractivity contribution < 1.29 is 9.53 Å². The highest BCUT2D eigenvalue weighted by atomic mass is 32.1. The van der Waals surface area contributed by atoms with E-state index in [9.17, 15) is 9.59 Å². The van der Waals surface area contributed by atoms with E-state index in [1.807, 2.05) is 56.3 Å². The number of hydrogen-bond donors (Lipinski definition) is 1. The molecule has 130 valence electrons. The Kier molecular flexibility index (Phi) is 4.90. The number of thiazole rings is 1. The highest BCUT2D eigenvalue weighted by Crippen LogP contribution is 2.24. The first-order chi connectivity index (χ1) is 12.0. The summed E-state index contributed by atoms with van der Waals surface area (Å²) in [6, 6.07) is 13.1. The number of amides is 1. The maximum Gasteiger partial charge on any atom is 0.308 e. The highest BCUT2D eigenvalue weighted by molar-refractivity contribution is 7.16. The van der Waals surface area contributed by atoms with Crippen molar-refractivity contribution in [1.82, 2.24) is 4.57 Å². The lowest BCUT2D eigenvalue weighted by molar-refractivity contribution is -0.115. The second-order valence-electron chi connectivity index (χ2n) is 6.09. The van der Waals surface area contributed by atoms with Crippen LogP contribution in [0, 0.1) is 0 Å². The van der Waals surface area contributed by atoms with E-state index in [1.165, 1.54) is 11.3 Å². The molecule has 6 heteroatoms. The fourth-order valence-corrected chi connectivity index (χ4v) is 3.79. The average Bonchev–Trinajstić information content (AvgIpc) is 2.90. The third-order valence-corrected chi connectivity index (χ3v) is 4.86. The molecule has 1 N–H and O–H groups in total. The predicted octanol–water partition coefficient (Wildman–Crippen LogP) is 3.83. The lowest BCUT2D eigenvalue weighted by Gasteiger charge is -2.09. The highest BCUT2D eigenvalue weighted by Gasteiger charge is 2.11. The van der Waals surface area contributed by atoms with Gasteiger partial charge in [-0.1, -0.05) is 23.5 Å². The first kappa shape index (κ1) is 17.2. The minimum atomic E-state index is -0.0971. The summed E-state index contributed by atoms with van der Waals surface area (Å²) in [5.74, 6) is 0.666. The molecule has 2 aromatic carbocycles. The van der Waals surface area contributed by atoms with Crippen molar-refractivity contribution >= 4 is 33.1 Å². The Hall–Kier alpha value is -2.60. The number of hydrogen-bond acceptors (Lipinski definition) is 4. The fraction of sp³-hybridized carbons (Fsp3) is 0.263. The third-order valence-electron chi connectivity index (χ3n) is 3.94. The number of fused-ring (bicyclic) bond motifs is 1. The van der Waals surface area contributed by atoms with Gasteiger partial charge in [-0.3, -0.25) is 14.2 Å². The molecule has 1 heterocycles. The van der Waals surface area contributed by atoms with Crippen molar-refractivity contribution in [2.75, 3.05) is 12.4 Å². The average molecular weight is 356 g/mol. The normalized spacial score (nSPS) is 11.0. The van der Waals surface area contributed by atoms with Crippen LogP contribution in [-0.4, -0.2) is 17.6 Å². The molecule has 0 atom stereocenters. The summed E-state index contributed by atoms with van der Waals surface area (Å²) in [5, 5.41) is 2.89. The van der Waals surface area contributed by atoms with Crippen molar-refractivity contribution in [3.63, 3.8) is 0 Å². The van der Waals surface area contributed by atoms with Crippen LogP contribution in [0.15, 0.2) is 47.3 Å². The van der Waals surface area contributed by atoms with Gasteiger partial charge in [0.25, 0.3) is 0 Å². The standard InChI is InChI=1S/C19H20N2O3S/c1-12(2)21-16-9-6-14(11-17(16)25-19(21)23)20-18(22)10-13-4-7-15(24-3)8-5-13/h4-9,11-12H,10H2,1-3H3,(H,20,22). The van der Waals surface area contributed by atoms with Crippen LogP contribution < -0.4 is 14.9 Å². The lowest BCUT2D eigenvalue weighted by atomic mass is 10.1. The summed E-state index contributed by atoms with van der Waals surface area (Å²) in [4.78, 5) is 24.4. The lowest BCUT2D eigenvalue weighted by Crippen LogP contribution is -2.15. The van der Waals surface area contributed by atoms with Crippen LogP contribution in [0.25, 0.3) is 10.2 Å². The minimum Gasteiger partial charge on any atom is -0.497 e. The van der Waals surface area contributed by atoms with E-state index in [1.54, 1.807) is 11.7 Å². The number of methoxy groups -OCH3 is 1. The Morgan fingerprint density at radius 2 is 1.92 bits per heavy atom. The van der Waals surface area contributed by atoms with Crippen molar-refractivity contribution in [3.8, 4) is 5.75 Å². The first-order valence-electron chi connectivity index (χ1n) is 8.06. The van der Waals surface area contributed by atoms with Gasteiger partial charge in [-0.2, -0.15) is 0 Å². The summed E-state index contributed by atoms with van der Waals surface area (Å²) in [6.45, 7) is 3.97. The van der Waals surface area contributed by atoms with Gasteiger partial charge in [-0.15, -0.1) is 0 Å². The van der Waals surface area contributed by atoms with E-state index in [0.717, 1.165) is 21.5 Å². The molecule has 0 spiro atoms. The van der Waals surface area contributed by atoms with Gasteiger partial charge in [-0.25, -0.2) is 0 Å². The molecule has 3 rings (SSSR count). The number of rotatable bonds is 5. The molecule has 0 aliphatic heterocycles. The van der Waals surface area contributed by atoms with Crippen molar-refractivity contribution in [1.29, 1.82) is 0 Å². The number of anilines is 1. The summed E-state index contributed by atoms with van der Waals surface area (Å²) in [7, 11) is 1.61. The van der Waals surface area contributed by atoms with E-state index < -0.39 is 0 Å². The van der Waals surface area contributed by atoms with Gasteiger partial charge in [0.1, 0.15) is 5.75 Å². The number of benzene rings is 2. The van der Waals surface area contributed by atoms with Gasteiger partial charge in [0, 0.05) is 11.7 Å². The minimum absolute atomic E-state index is 0.0201. The topological polar surface area (TPSA) is 60.3 Å². The van der Waals surface area contributed by atoms with E-state index in [-0.39, 0.29) is 23.2 Å². The van der Waals surface area contributed by atoms with E-state index in [4.69, 9.17) is 4.74 Å². The Morgan fingerprint density at radius 3 is 2.56 bits per heavy atom. The maximum absolute atomic E-state index is 12.2. The van der Waals surface area contributed by atoms with Crippen LogP contribution in [-0.2, 0) is 11.2 Å². The predicted molar refractivity (Wildman–Crippen MR) is 102 cm³/mol. The monoisotopic (exact) mass is 356 g/mol. The molecule has 0 radical (unpaired) electrons. The summed E-state index contributed by atoms with van der Waals surface area (Å²) >= 11 is 1.20. The van der Waals surface area contributed by atoms with Gasteiger partial charge in [-0.05, 0) is 49.7 Å². The molecule has 5 nitrogen and oxygen atoms in total. The zero-order chi connectivity index (χ0) is 18.0. The number of nitrogens with one attached hydrogen (secondary N) is 1. The Labute approximate surface area is 149 Å². The number of carbonyl (C=O) groups excluding carboxylic acids is 1. The van der Waals surface area contributed by atoms with Crippen LogP contribution >= 0.6 is 11.3 Å². The molecule has 0 aliphatic rings. The molecule has 1 amide bonds. The third kappa shape index (κ3) is 3.74. The Bertz CT molecular complexity index is 955. The fourth-order valence-electron chi connectivity index (χ4n) is 2.74. The first-order valence-corrected chi connectivity index (χ1v) is 8.87. The Balaban J connectivity index is 1.75. The second-order valence-corrected chi connectivity index (χ2v) is 7.08. The van der Waals surface area contributed by atoms with E-state index in [0.29, 0.717) is 5.69 Å². The van der Waals surface area contributed by atoms with Crippen LogP contribution in [0.4, 0.5) is 5.69 Å². The quantitative estimate of drug-likeness (QED) is 0.756. The number of nitrogens with zero attached hydrogens (tertiary/aromatic N) is 1. The summed E-state index contributed by atoms with van der Waals surface area (Å²) in [5.41, 5.74) is 2.51. The molecule has 1 aromatic heterocycles. The molecular formula is C19H20N2O3S. The Morgan fingerprint density at radius 1 is 1.20 bits per heavy atom. The molecule has 0 saturated heterocycles. The van der Waals surface area contributed by atoms with Gasteiger partial charge < -0.3 is 10.1 Å². The van der Waals surface area contributed by atoms with E-state index in [2.05, 4.69) is 5.32 Å². The number of carbonyl (C=O) groups is 1. The molecule has 0 bridgehead atoms. The SMILES string of the molecule is COc1ccc(CC(=O)Nc2ccc3c(c2)sc(=O)n3C(C)C)cc1. The largest absolute Gasteiger partial charge is 0.497 e. The summed E-state index contributed by atoms with van der Waals surface area (Å²) in [6.07, 6.45) is 0.283. The van der Waals surface area contributed by atoms with Crippen molar-refractivity contribution in [2.24, 2.45) is 0 Å². The van der Waals surface area contributed by atoms with Gasteiger partial charge >= 0.3 is 4.87 Å². The van der Waals surface area contributed by atoms with Crippen molar-refractivity contribution in [2.45, 2.75) is 26.3 Å². The van der Waals surface area contributed by atoms with Gasteiger partial charge in [0.2, 0.25) is 5.91 Å². The van der Waals surface area contributed by atoms with Gasteiger partial charge in [0.15, 0.2) is 0 Å². The number of aromatic nitrogens is 1. The smallest absolute Gasteiger partial charge is 0.308 e. The van der Waals surface area contributed by atoms with E-state index >= 15 is 0 Å². The molecule has 0 unspecified atom stereocenters. The molecule has 3 aromatic rings. The van der Waals surface area contributed by atoms with Crippen LogP contribution in [0.1, 0.15) is 25.5 Å². The summed E-state index contributed by atoms with van der Waals surface area (Å²) < 4.78 is 7.75. The molecule has 0 aliphatic carbocycles. The van der Waals surface area contributed by atoms with Crippen LogP contribution in [0.5, 0.6) is 5.75 Å². The van der Waals surface area contributed by atoms with Crippen LogP contribution in [0.3, 0.4) is 0 Å². The van der Waals surface area contributed by atoms with Crippen LogP contribution in [0.2, 0.25) is 0 Å². The molecule has 0 saturated carbocycles. The molecular weight excluding hydrogens is 336 g/mol. The van der Waals surface area contributed by atoms with Gasteiger partial charge in [0.05, 0.1) is 23.7 Å². The molecule has 25 heavy (non-hydrogen) atoms. The number of ether oxygens (including phenoxy) is 1. The maximum atomic E-state index is 12.2. The van der Waals surface area contributed by atoms with Crippen molar-refractivity contribution in [3.05, 3.63) is 57.7 Å². The second kappa shape index (κ2) is 7.11. The zero-order valence-corrected chi connectivity index (χ0v) is 15.2. The zero-order valence-electron chi connectivity index (χ0n) is 14.4.